The predicted octanol–water partition coefficient (Wildman–Crippen LogP) is 4.52. The molecule has 0 spiro atoms. The molecule has 1 heteroatoms. The Labute approximate surface area is 108 Å². The molecular formula is C16H31N. The monoisotopic (exact) mass is 237 g/mol. The molecule has 0 aromatic rings. The lowest BCUT2D eigenvalue weighted by Crippen LogP contribution is -2.41. The molecule has 0 aromatic carbocycles. The zero-order valence-electron chi connectivity index (χ0n) is 11.9. The topological polar surface area (TPSA) is 12.0 Å². The molecule has 100 valence electrons. The molecule has 0 radical (unpaired) electrons. The maximum absolute atomic E-state index is 3.86. The summed E-state index contributed by atoms with van der Waals surface area (Å²) in [6, 6.07) is 0.744. The maximum Gasteiger partial charge on any atom is 0.00672 e. The van der Waals surface area contributed by atoms with Gasteiger partial charge in [0.1, 0.15) is 0 Å². The summed E-state index contributed by atoms with van der Waals surface area (Å²) in [7, 11) is 0. The van der Waals surface area contributed by atoms with Gasteiger partial charge in [-0.25, -0.2) is 0 Å². The van der Waals surface area contributed by atoms with Crippen LogP contribution in [-0.2, 0) is 0 Å². The second-order valence-corrected chi connectivity index (χ2v) is 6.94. The lowest BCUT2D eigenvalue weighted by atomic mass is 9.75. The first-order valence-electron chi connectivity index (χ1n) is 7.93. The molecule has 1 unspecified atom stereocenters. The zero-order valence-corrected chi connectivity index (χ0v) is 11.9. The lowest BCUT2D eigenvalue weighted by molar-refractivity contribution is 0.184. The van der Waals surface area contributed by atoms with Crippen molar-refractivity contribution in [1.29, 1.82) is 0 Å². The predicted molar refractivity (Wildman–Crippen MR) is 75.2 cm³/mol. The van der Waals surface area contributed by atoms with Crippen LogP contribution in [0.5, 0.6) is 0 Å². The van der Waals surface area contributed by atoms with Gasteiger partial charge in [0.25, 0.3) is 0 Å². The van der Waals surface area contributed by atoms with Crippen LogP contribution < -0.4 is 5.32 Å². The Bertz CT molecular complexity index is 212. The van der Waals surface area contributed by atoms with E-state index in [0.29, 0.717) is 5.41 Å². The van der Waals surface area contributed by atoms with E-state index in [0.717, 1.165) is 12.0 Å². The fraction of sp³-hybridized carbons (Fsp3) is 1.00. The molecule has 0 aliphatic heterocycles. The van der Waals surface area contributed by atoms with Crippen molar-refractivity contribution in [3.8, 4) is 0 Å². The Morgan fingerprint density at radius 1 is 1.00 bits per heavy atom. The highest BCUT2D eigenvalue weighted by molar-refractivity contribution is 4.83. The number of hydrogen-bond acceptors (Lipinski definition) is 1. The fourth-order valence-corrected chi connectivity index (χ4v) is 3.79. The van der Waals surface area contributed by atoms with Crippen molar-refractivity contribution in [3.63, 3.8) is 0 Å². The third-order valence-electron chi connectivity index (χ3n) is 5.27. The molecule has 1 N–H and O–H groups in total. The molecule has 0 aromatic heterocycles. The van der Waals surface area contributed by atoms with Crippen molar-refractivity contribution >= 4 is 0 Å². The second kappa shape index (κ2) is 6.22. The van der Waals surface area contributed by atoms with E-state index in [2.05, 4.69) is 19.2 Å². The second-order valence-electron chi connectivity index (χ2n) is 6.94. The Morgan fingerprint density at radius 3 is 2.24 bits per heavy atom. The third kappa shape index (κ3) is 3.98. The van der Waals surface area contributed by atoms with Crippen LogP contribution in [0.3, 0.4) is 0 Å². The molecular weight excluding hydrogens is 206 g/mol. The van der Waals surface area contributed by atoms with E-state index in [-0.39, 0.29) is 0 Å². The minimum absolute atomic E-state index is 0.598. The van der Waals surface area contributed by atoms with Crippen molar-refractivity contribution in [2.75, 3.05) is 6.54 Å². The average molecular weight is 237 g/mol. The standard InChI is InChI=1S/C16H31N/c1-14(15-9-5-3-6-10-15)17-13-16(2)11-7-4-8-12-16/h14-15,17H,3-13H2,1-2H3. The highest BCUT2D eigenvalue weighted by Gasteiger charge is 2.28. The minimum Gasteiger partial charge on any atom is -0.313 e. The summed E-state index contributed by atoms with van der Waals surface area (Å²) in [5.74, 6) is 0.955. The highest BCUT2D eigenvalue weighted by Crippen LogP contribution is 2.35. The molecule has 2 aliphatic rings. The van der Waals surface area contributed by atoms with Crippen LogP contribution in [0.25, 0.3) is 0 Å². The smallest absolute Gasteiger partial charge is 0.00672 e. The van der Waals surface area contributed by atoms with Gasteiger partial charge in [-0.2, -0.15) is 0 Å². The van der Waals surface area contributed by atoms with Gasteiger partial charge in [0.15, 0.2) is 0 Å². The van der Waals surface area contributed by atoms with Crippen molar-refractivity contribution in [3.05, 3.63) is 0 Å². The van der Waals surface area contributed by atoms with Crippen LogP contribution in [0.2, 0.25) is 0 Å². The highest BCUT2D eigenvalue weighted by atomic mass is 14.9. The quantitative estimate of drug-likeness (QED) is 0.758. The maximum atomic E-state index is 3.86. The van der Waals surface area contributed by atoms with E-state index in [1.807, 2.05) is 0 Å². The number of rotatable bonds is 4. The average Bonchev–Trinajstić information content (AvgIpc) is 2.38. The van der Waals surface area contributed by atoms with Gasteiger partial charge in [-0.3, -0.25) is 0 Å². The molecule has 17 heavy (non-hydrogen) atoms. The fourth-order valence-electron chi connectivity index (χ4n) is 3.79. The van der Waals surface area contributed by atoms with E-state index in [1.165, 1.54) is 70.8 Å². The Hall–Kier alpha value is -0.0400. The van der Waals surface area contributed by atoms with E-state index < -0.39 is 0 Å². The largest absolute Gasteiger partial charge is 0.313 e. The van der Waals surface area contributed by atoms with Gasteiger partial charge in [-0.05, 0) is 43.9 Å². The lowest BCUT2D eigenvalue weighted by Gasteiger charge is -2.37. The summed E-state index contributed by atoms with van der Waals surface area (Å²) < 4.78 is 0. The van der Waals surface area contributed by atoms with Gasteiger partial charge in [0.05, 0.1) is 0 Å². The van der Waals surface area contributed by atoms with E-state index in [4.69, 9.17) is 0 Å². The normalized spacial score (nSPS) is 27.9. The first-order valence-corrected chi connectivity index (χ1v) is 7.93. The zero-order chi connectivity index (χ0) is 12.1. The first kappa shape index (κ1) is 13.4. The van der Waals surface area contributed by atoms with Gasteiger partial charge < -0.3 is 5.32 Å². The van der Waals surface area contributed by atoms with Crippen molar-refractivity contribution in [1.82, 2.24) is 5.32 Å². The SMILES string of the molecule is CC(NCC1(C)CCCCC1)C1CCCCC1. The first-order chi connectivity index (χ1) is 8.20. The van der Waals surface area contributed by atoms with Crippen LogP contribution in [0.15, 0.2) is 0 Å². The molecule has 2 rings (SSSR count). The van der Waals surface area contributed by atoms with E-state index >= 15 is 0 Å². The van der Waals surface area contributed by atoms with Gasteiger partial charge in [-0.1, -0.05) is 45.4 Å². The Kier molecular flexibility index (Phi) is 4.90. The Morgan fingerprint density at radius 2 is 1.59 bits per heavy atom. The van der Waals surface area contributed by atoms with Crippen LogP contribution in [0, 0.1) is 11.3 Å². The number of nitrogens with one attached hydrogen (secondary N) is 1. The van der Waals surface area contributed by atoms with Crippen molar-refractivity contribution in [2.24, 2.45) is 11.3 Å². The van der Waals surface area contributed by atoms with Crippen LogP contribution in [0.1, 0.15) is 78.1 Å². The molecule has 2 fully saturated rings. The molecule has 1 atom stereocenters. The van der Waals surface area contributed by atoms with Crippen molar-refractivity contribution < 1.29 is 0 Å². The molecule has 1 nitrogen and oxygen atoms in total. The van der Waals surface area contributed by atoms with Gasteiger partial charge in [-0.15, -0.1) is 0 Å². The van der Waals surface area contributed by atoms with Crippen molar-refractivity contribution in [2.45, 2.75) is 84.1 Å². The molecule has 2 saturated carbocycles. The summed E-state index contributed by atoms with van der Waals surface area (Å²) in [5, 5.41) is 3.86. The van der Waals surface area contributed by atoms with E-state index in [1.54, 1.807) is 0 Å². The Balaban J connectivity index is 1.72. The molecule has 2 aliphatic carbocycles. The van der Waals surface area contributed by atoms with Gasteiger partial charge in [0, 0.05) is 12.6 Å². The summed E-state index contributed by atoms with van der Waals surface area (Å²) in [6.45, 7) is 6.17. The van der Waals surface area contributed by atoms with Crippen LogP contribution in [0.4, 0.5) is 0 Å². The summed E-state index contributed by atoms with van der Waals surface area (Å²) in [5.41, 5.74) is 0.598. The summed E-state index contributed by atoms with van der Waals surface area (Å²) in [6.07, 6.45) is 14.6. The minimum atomic E-state index is 0.598. The number of hydrogen-bond donors (Lipinski definition) is 1. The van der Waals surface area contributed by atoms with Gasteiger partial charge >= 0.3 is 0 Å². The summed E-state index contributed by atoms with van der Waals surface area (Å²) >= 11 is 0. The van der Waals surface area contributed by atoms with Crippen LogP contribution >= 0.6 is 0 Å². The van der Waals surface area contributed by atoms with E-state index in [9.17, 15) is 0 Å². The van der Waals surface area contributed by atoms with Crippen LogP contribution in [-0.4, -0.2) is 12.6 Å². The molecule has 0 amide bonds. The molecule has 0 saturated heterocycles. The third-order valence-corrected chi connectivity index (χ3v) is 5.27. The molecule has 0 bridgehead atoms. The molecule has 0 heterocycles. The van der Waals surface area contributed by atoms with Gasteiger partial charge in [0.2, 0.25) is 0 Å². The summed E-state index contributed by atoms with van der Waals surface area (Å²) in [4.78, 5) is 0.